The molecule has 8 heteroatoms. The predicted octanol–water partition coefficient (Wildman–Crippen LogP) is 3.08. The van der Waals surface area contributed by atoms with Crippen LogP contribution >= 0.6 is 0 Å². The van der Waals surface area contributed by atoms with Crippen molar-refractivity contribution < 1.29 is 22.3 Å². The summed E-state index contributed by atoms with van der Waals surface area (Å²) in [5.41, 5.74) is 0.452. The molecule has 0 saturated carbocycles. The molecule has 1 amide bonds. The van der Waals surface area contributed by atoms with Crippen molar-refractivity contribution in [3.8, 4) is 5.75 Å². The van der Waals surface area contributed by atoms with Crippen molar-refractivity contribution in [2.24, 2.45) is 11.1 Å². The van der Waals surface area contributed by atoms with Crippen LogP contribution < -0.4 is 15.2 Å². The van der Waals surface area contributed by atoms with Crippen molar-refractivity contribution in [2.45, 2.75) is 31.6 Å². The number of halogens is 1. The average molecular weight is 394 g/mol. The number of anilines is 1. The van der Waals surface area contributed by atoms with Gasteiger partial charge in [-0.1, -0.05) is 32.0 Å². The number of nitrogens with two attached hydrogens (primary N) is 1. The van der Waals surface area contributed by atoms with Gasteiger partial charge in [0.25, 0.3) is 0 Å². The zero-order chi connectivity index (χ0) is 20.0. The van der Waals surface area contributed by atoms with E-state index >= 15 is 0 Å². The molecule has 2 aromatic carbocycles. The number of rotatable bonds is 8. The Labute approximate surface area is 158 Å². The summed E-state index contributed by atoms with van der Waals surface area (Å²) in [6, 6.07) is 10.0. The summed E-state index contributed by atoms with van der Waals surface area (Å²) >= 11 is 0. The summed E-state index contributed by atoms with van der Waals surface area (Å²) in [5, 5.41) is 7.76. The molecule has 0 aliphatic carbocycles. The van der Waals surface area contributed by atoms with Gasteiger partial charge in [-0.15, -0.1) is 0 Å². The highest BCUT2D eigenvalue weighted by atomic mass is 32.2. The number of carbonyl (C=O) groups is 1. The van der Waals surface area contributed by atoms with E-state index in [1.165, 1.54) is 36.4 Å². The molecular formula is C19H23FN2O4S. The monoisotopic (exact) mass is 394 g/mol. The lowest BCUT2D eigenvalue weighted by molar-refractivity contribution is -0.115. The van der Waals surface area contributed by atoms with E-state index in [1.807, 2.05) is 13.8 Å². The number of amides is 1. The molecule has 0 bridgehead atoms. The van der Waals surface area contributed by atoms with Gasteiger partial charge in [0.1, 0.15) is 11.6 Å². The second-order valence-corrected chi connectivity index (χ2v) is 8.15. The van der Waals surface area contributed by atoms with Crippen molar-refractivity contribution in [3.05, 3.63) is 53.8 Å². The van der Waals surface area contributed by atoms with Gasteiger partial charge >= 0.3 is 0 Å². The maximum absolute atomic E-state index is 13.7. The lowest BCUT2D eigenvalue weighted by Crippen LogP contribution is -2.17. The molecule has 2 rings (SSSR count). The lowest BCUT2D eigenvalue weighted by atomic mass is 10.1. The quantitative estimate of drug-likeness (QED) is 0.719. The van der Waals surface area contributed by atoms with E-state index in [9.17, 15) is 17.6 Å². The fraction of sp³-hybridized carbons (Fsp3) is 0.316. The van der Waals surface area contributed by atoms with E-state index in [0.717, 1.165) is 6.42 Å². The van der Waals surface area contributed by atoms with Crippen LogP contribution in [0.3, 0.4) is 0 Å². The SMILES string of the molecule is CC(C)CCOc1cc(NC(=O)Cc2ccccc2F)cc(S(N)(=O)=O)c1. The average Bonchev–Trinajstić information content (AvgIpc) is 2.55. The van der Waals surface area contributed by atoms with Crippen molar-refractivity contribution in [2.75, 3.05) is 11.9 Å². The molecule has 0 aromatic heterocycles. The van der Waals surface area contributed by atoms with Gasteiger partial charge in [0.05, 0.1) is 17.9 Å². The van der Waals surface area contributed by atoms with Crippen LogP contribution in [-0.4, -0.2) is 20.9 Å². The smallest absolute Gasteiger partial charge is 0.238 e. The van der Waals surface area contributed by atoms with Crippen molar-refractivity contribution in [1.29, 1.82) is 0 Å². The van der Waals surface area contributed by atoms with Gasteiger partial charge in [0, 0.05) is 17.8 Å². The Hall–Kier alpha value is -2.45. The predicted molar refractivity (Wildman–Crippen MR) is 101 cm³/mol. The zero-order valence-electron chi connectivity index (χ0n) is 15.2. The van der Waals surface area contributed by atoms with Crippen molar-refractivity contribution >= 4 is 21.6 Å². The molecule has 0 unspecified atom stereocenters. The van der Waals surface area contributed by atoms with Crippen LogP contribution in [0.4, 0.5) is 10.1 Å². The van der Waals surface area contributed by atoms with Crippen molar-refractivity contribution in [3.63, 3.8) is 0 Å². The topological polar surface area (TPSA) is 98.5 Å². The van der Waals surface area contributed by atoms with Gasteiger partial charge in [0.15, 0.2) is 0 Å². The first-order valence-electron chi connectivity index (χ1n) is 8.49. The van der Waals surface area contributed by atoms with E-state index < -0.39 is 21.7 Å². The number of hydrogen-bond acceptors (Lipinski definition) is 4. The minimum absolute atomic E-state index is 0.175. The first-order chi connectivity index (χ1) is 12.6. The molecule has 6 nitrogen and oxygen atoms in total. The molecule has 0 aliphatic rings. The Kier molecular flexibility index (Phi) is 6.92. The highest BCUT2D eigenvalue weighted by Gasteiger charge is 2.14. The van der Waals surface area contributed by atoms with Gasteiger partial charge in [0.2, 0.25) is 15.9 Å². The molecule has 0 fully saturated rings. The Morgan fingerprint density at radius 1 is 1.22 bits per heavy atom. The normalized spacial score (nSPS) is 11.4. The van der Waals surface area contributed by atoms with Crippen LogP contribution in [0.15, 0.2) is 47.4 Å². The second kappa shape index (κ2) is 8.96. The first-order valence-corrected chi connectivity index (χ1v) is 10.0. The Morgan fingerprint density at radius 2 is 1.93 bits per heavy atom. The summed E-state index contributed by atoms with van der Waals surface area (Å²) in [5.74, 6) is -0.266. The molecule has 146 valence electrons. The standard InChI is InChI=1S/C19H23FN2O4S/c1-13(2)7-8-26-16-10-15(11-17(12-16)27(21,24)25)22-19(23)9-14-5-3-4-6-18(14)20/h3-6,10-13H,7-9H2,1-2H3,(H,22,23)(H2,21,24,25). The molecule has 0 saturated heterocycles. The number of nitrogens with one attached hydrogen (secondary N) is 1. The summed E-state index contributed by atoms with van der Waals surface area (Å²) in [7, 11) is -3.98. The fourth-order valence-corrected chi connectivity index (χ4v) is 2.90. The summed E-state index contributed by atoms with van der Waals surface area (Å²) in [6.07, 6.45) is 0.602. The van der Waals surface area contributed by atoms with E-state index in [2.05, 4.69) is 5.32 Å². The van der Waals surface area contributed by atoms with Crippen LogP contribution in [0.25, 0.3) is 0 Å². The molecule has 0 atom stereocenters. The number of primary sulfonamides is 1. The van der Waals surface area contributed by atoms with E-state index in [4.69, 9.17) is 9.88 Å². The minimum Gasteiger partial charge on any atom is -0.493 e. The second-order valence-electron chi connectivity index (χ2n) is 6.59. The van der Waals surface area contributed by atoms with E-state index in [0.29, 0.717) is 12.5 Å². The molecule has 3 N–H and O–H groups in total. The van der Waals surface area contributed by atoms with Gasteiger partial charge in [-0.3, -0.25) is 4.79 Å². The summed E-state index contributed by atoms with van der Waals surface area (Å²) in [4.78, 5) is 12.0. The number of hydrogen-bond donors (Lipinski definition) is 2. The number of sulfonamides is 1. The Bertz CT molecular complexity index is 914. The van der Waals surface area contributed by atoms with Crippen LogP contribution in [0.1, 0.15) is 25.8 Å². The maximum Gasteiger partial charge on any atom is 0.238 e. The van der Waals surface area contributed by atoms with Gasteiger partial charge in [-0.25, -0.2) is 17.9 Å². The number of benzene rings is 2. The largest absolute Gasteiger partial charge is 0.493 e. The van der Waals surface area contributed by atoms with Crippen LogP contribution in [0, 0.1) is 11.7 Å². The van der Waals surface area contributed by atoms with E-state index in [1.54, 1.807) is 6.07 Å². The molecule has 2 aromatic rings. The van der Waals surface area contributed by atoms with Crippen LogP contribution in [-0.2, 0) is 21.2 Å². The molecule has 0 spiro atoms. The van der Waals surface area contributed by atoms with Gasteiger partial charge in [-0.05, 0) is 30.0 Å². The molecule has 0 aliphatic heterocycles. The fourth-order valence-electron chi connectivity index (χ4n) is 2.32. The zero-order valence-corrected chi connectivity index (χ0v) is 16.1. The molecule has 27 heavy (non-hydrogen) atoms. The third-order valence-corrected chi connectivity index (χ3v) is 4.66. The van der Waals surface area contributed by atoms with Crippen LogP contribution in [0.2, 0.25) is 0 Å². The molecule has 0 heterocycles. The molecule has 0 radical (unpaired) electrons. The summed E-state index contributed by atoms with van der Waals surface area (Å²) < 4.78 is 42.7. The maximum atomic E-state index is 13.7. The van der Waals surface area contributed by atoms with Gasteiger partial charge < -0.3 is 10.1 Å². The highest BCUT2D eigenvalue weighted by Crippen LogP contribution is 2.24. The summed E-state index contributed by atoms with van der Waals surface area (Å²) in [6.45, 7) is 4.48. The van der Waals surface area contributed by atoms with Gasteiger partial charge in [-0.2, -0.15) is 0 Å². The van der Waals surface area contributed by atoms with Crippen LogP contribution in [0.5, 0.6) is 5.75 Å². The number of carbonyl (C=O) groups excluding carboxylic acids is 1. The third kappa shape index (κ3) is 6.65. The third-order valence-electron chi connectivity index (χ3n) is 3.77. The highest BCUT2D eigenvalue weighted by molar-refractivity contribution is 7.89. The Balaban J connectivity index is 2.18. The minimum atomic E-state index is -3.98. The first kappa shape index (κ1) is 20.9. The number of ether oxygens (including phenoxy) is 1. The lowest BCUT2D eigenvalue weighted by Gasteiger charge is -2.12. The Morgan fingerprint density at radius 3 is 2.56 bits per heavy atom. The van der Waals surface area contributed by atoms with E-state index in [-0.39, 0.29) is 28.3 Å². The molecular weight excluding hydrogens is 371 g/mol. The van der Waals surface area contributed by atoms with Crippen molar-refractivity contribution in [1.82, 2.24) is 0 Å².